The standard InChI is InChI=1S/C15H14FN5O2S/c16-11-1-3-12(4-2-11)21-7-10-6-18-15(5-14(10)19-21)20-8-13(9-20)24(17,22)23/h1-7,13H,8-9H2,(H2,17,22,23). The first-order chi connectivity index (χ1) is 11.4. The van der Waals surface area contributed by atoms with E-state index in [1.54, 1.807) is 29.1 Å². The molecule has 1 fully saturated rings. The van der Waals surface area contributed by atoms with Gasteiger partial charge in [-0.25, -0.2) is 27.6 Å². The van der Waals surface area contributed by atoms with Crippen LogP contribution in [0.15, 0.2) is 42.7 Å². The third-order valence-electron chi connectivity index (χ3n) is 4.10. The molecule has 1 aliphatic rings. The zero-order chi connectivity index (χ0) is 16.9. The molecule has 1 saturated heterocycles. The van der Waals surface area contributed by atoms with Gasteiger partial charge in [-0.3, -0.25) is 0 Å². The Hall–Kier alpha value is -2.52. The highest BCUT2D eigenvalue weighted by Gasteiger charge is 2.35. The molecule has 2 N–H and O–H groups in total. The molecule has 4 rings (SSSR count). The van der Waals surface area contributed by atoms with Crippen molar-refractivity contribution in [3.8, 4) is 5.69 Å². The molecular weight excluding hydrogens is 333 g/mol. The number of benzene rings is 1. The van der Waals surface area contributed by atoms with Crippen LogP contribution in [0, 0.1) is 5.82 Å². The Morgan fingerprint density at radius 1 is 1.21 bits per heavy atom. The third-order valence-corrected chi connectivity index (χ3v) is 5.33. The highest BCUT2D eigenvalue weighted by Crippen LogP contribution is 2.25. The van der Waals surface area contributed by atoms with Crippen LogP contribution in [0.1, 0.15) is 0 Å². The topological polar surface area (TPSA) is 94.1 Å². The maximum atomic E-state index is 13.0. The van der Waals surface area contributed by atoms with Crippen LogP contribution >= 0.6 is 0 Å². The van der Waals surface area contributed by atoms with Gasteiger partial charge in [0.2, 0.25) is 10.0 Å². The number of fused-ring (bicyclic) bond motifs is 1. The van der Waals surface area contributed by atoms with E-state index < -0.39 is 15.3 Å². The molecule has 1 aliphatic heterocycles. The summed E-state index contributed by atoms with van der Waals surface area (Å²) >= 11 is 0. The molecule has 3 heterocycles. The molecule has 0 amide bonds. The van der Waals surface area contributed by atoms with E-state index in [4.69, 9.17) is 5.14 Å². The van der Waals surface area contributed by atoms with Crippen LogP contribution in [0.2, 0.25) is 0 Å². The van der Waals surface area contributed by atoms with Crippen molar-refractivity contribution in [2.45, 2.75) is 5.25 Å². The number of nitrogens with two attached hydrogens (primary N) is 1. The number of anilines is 1. The molecule has 1 aromatic carbocycles. The second-order valence-electron chi connectivity index (χ2n) is 5.77. The molecular formula is C15H14FN5O2S. The summed E-state index contributed by atoms with van der Waals surface area (Å²) in [6, 6.07) is 7.83. The minimum Gasteiger partial charge on any atom is -0.354 e. The molecule has 2 aromatic heterocycles. The monoisotopic (exact) mass is 347 g/mol. The summed E-state index contributed by atoms with van der Waals surface area (Å²) in [5, 5.41) is 9.89. The zero-order valence-electron chi connectivity index (χ0n) is 12.5. The number of primary sulfonamides is 1. The Bertz CT molecular complexity index is 1010. The largest absolute Gasteiger partial charge is 0.354 e. The Balaban J connectivity index is 1.61. The van der Waals surface area contributed by atoms with E-state index in [0.29, 0.717) is 18.9 Å². The van der Waals surface area contributed by atoms with Crippen LogP contribution < -0.4 is 10.0 Å². The Labute approximate surface area is 137 Å². The van der Waals surface area contributed by atoms with Crippen LogP contribution in [0.25, 0.3) is 16.6 Å². The lowest BCUT2D eigenvalue weighted by Crippen LogP contribution is -2.56. The minimum absolute atomic E-state index is 0.304. The van der Waals surface area contributed by atoms with Gasteiger partial charge in [0.05, 0.1) is 11.2 Å². The lowest BCUT2D eigenvalue weighted by atomic mass is 10.2. The van der Waals surface area contributed by atoms with E-state index in [1.165, 1.54) is 12.1 Å². The van der Waals surface area contributed by atoms with Gasteiger partial charge in [-0.2, -0.15) is 5.10 Å². The fraction of sp³-hybridized carbons (Fsp3) is 0.200. The third kappa shape index (κ3) is 2.61. The van der Waals surface area contributed by atoms with Gasteiger partial charge in [0.1, 0.15) is 16.9 Å². The highest BCUT2D eigenvalue weighted by atomic mass is 32.2. The van der Waals surface area contributed by atoms with Crippen molar-refractivity contribution in [1.29, 1.82) is 0 Å². The van der Waals surface area contributed by atoms with E-state index in [9.17, 15) is 12.8 Å². The van der Waals surface area contributed by atoms with E-state index >= 15 is 0 Å². The summed E-state index contributed by atoms with van der Waals surface area (Å²) in [5.74, 6) is 0.355. The fourth-order valence-corrected chi connectivity index (χ4v) is 3.41. The van der Waals surface area contributed by atoms with Crippen LogP contribution in [-0.2, 0) is 10.0 Å². The van der Waals surface area contributed by atoms with Gasteiger partial charge >= 0.3 is 0 Å². The van der Waals surface area contributed by atoms with Crippen molar-refractivity contribution in [1.82, 2.24) is 14.8 Å². The van der Waals surface area contributed by atoms with Gasteiger partial charge in [-0.1, -0.05) is 0 Å². The summed E-state index contributed by atoms with van der Waals surface area (Å²) in [4.78, 5) is 6.18. The molecule has 24 heavy (non-hydrogen) atoms. The summed E-state index contributed by atoms with van der Waals surface area (Å²) in [7, 11) is -3.50. The Morgan fingerprint density at radius 3 is 2.58 bits per heavy atom. The predicted octanol–water partition coefficient (Wildman–Crippen LogP) is 1.04. The van der Waals surface area contributed by atoms with Crippen LogP contribution in [0.4, 0.5) is 10.2 Å². The van der Waals surface area contributed by atoms with E-state index in [1.807, 2.05) is 11.1 Å². The van der Waals surface area contributed by atoms with Gasteiger partial charge in [0.15, 0.2) is 0 Å². The average molecular weight is 347 g/mol. The van der Waals surface area contributed by atoms with E-state index in [-0.39, 0.29) is 5.82 Å². The number of halogens is 1. The fourth-order valence-electron chi connectivity index (χ4n) is 2.64. The van der Waals surface area contributed by atoms with Crippen molar-refractivity contribution >= 4 is 26.7 Å². The Kier molecular flexibility index (Phi) is 3.29. The molecule has 3 aromatic rings. The normalized spacial score (nSPS) is 15.7. The quantitative estimate of drug-likeness (QED) is 0.764. The first-order valence-electron chi connectivity index (χ1n) is 7.28. The number of sulfonamides is 1. The maximum absolute atomic E-state index is 13.0. The number of hydrogen-bond donors (Lipinski definition) is 1. The van der Waals surface area contributed by atoms with Crippen LogP contribution in [-0.4, -0.2) is 41.5 Å². The first-order valence-corrected chi connectivity index (χ1v) is 8.89. The van der Waals surface area contributed by atoms with Gasteiger partial charge in [-0.15, -0.1) is 0 Å². The number of nitrogens with zero attached hydrogens (tertiary/aromatic N) is 4. The molecule has 0 aliphatic carbocycles. The first kappa shape index (κ1) is 15.0. The molecule has 0 unspecified atom stereocenters. The molecule has 9 heteroatoms. The summed E-state index contributed by atoms with van der Waals surface area (Å²) in [6.45, 7) is 0.659. The maximum Gasteiger partial charge on any atom is 0.215 e. The smallest absolute Gasteiger partial charge is 0.215 e. The van der Waals surface area contributed by atoms with Crippen LogP contribution in [0.5, 0.6) is 0 Å². The van der Waals surface area contributed by atoms with Crippen molar-refractivity contribution in [3.63, 3.8) is 0 Å². The van der Waals surface area contributed by atoms with Crippen LogP contribution in [0.3, 0.4) is 0 Å². The second-order valence-corrected chi connectivity index (χ2v) is 7.61. The Morgan fingerprint density at radius 2 is 1.92 bits per heavy atom. The molecule has 124 valence electrons. The number of hydrogen-bond acceptors (Lipinski definition) is 5. The molecule has 0 radical (unpaired) electrons. The van der Waals surface area contributed by atoms with Crippen molar-refractivity contribution < 1.29 is 12.8 Å². The lowest BCUT2D eigenvalue weighted by Gasteiger charge is -2.38. The summed E-state index contributed by atoms with van der Waals surface area (Å²) < 4.78 is 37.2. The van der Waals surface area contributed by atoms with Crippen molar-refractivity contribution in [2.24, 2.45) is 5.14 Å². The SMILES string of the molecule is NS(=O)(=O)C1CN(c2cc3nn(-c4ccc(F)cc4)cc3cn2)C1. The average Bonchev–Trinajstić information content (AvgIpc) is 2.88. The molecule has 0 bridgehead atoms. The van der Waals surface area contributed by atoms with Crippen molar-refractivity contribution in [2.75, 3.05) is 18.0 Å². The molecule has 7 nitrogen and oxygen atoms in total. The molecule has 0 atom stereocenters. The minimum atomic E-state index is -3.50. The molecule has 0 saturated carbocycles. The summed E-state index contributed by atoms with van der Waals surface area (Å²) in [5.41, 5.74) is 1.47. The zero-order valence-corrected chi connectivity index (χ0v) is 13.3. The van der Waals surface area contributed by atoms with Gasteiger partial charge in [0.25, 0.3) is 0 Å². The van der Waals surface area contributed by atoms with Gasteiger partial charge < -0.3 is 4.90 Å². The second kappa shape index (κ2) is 5.25. The van der Waals surface area contributed by atoms with E-state index in [0.717, 1.165) is 16.6 Å². The summed E-state index contributed by atoms with van der Waals surface area (Å²) in [6.07, 6.45) is 3.49. The van der Waals surface area contributed by atoms with Gasteiger partial charge in [-0.05, 0) is 24.3 Å². The van der Waals surface area contributed by atoms with Gasteiger partial charge in [0, 0.05) is 36.9 Å². The number of pyridine rings is 1. The van der Waals surface area contributed by atoms with E-state index in [2.05, 4.69) is 10.1 Å². The highest BCUT2D eigenvalue weighted by molar-refractivity contribution is 7.89. The molecule has 0 spiro atoms. The number of rotatable bonds is 3. The lowest BCUT2D eigenvalue weighted by molar-refractivity contribution is 0.540. The number of aromatic nitrogens is 3. The predicted molar refractivity (Wildman–Crippen MR) is 87.9 cm³/mol. The van der Waals surface area contributed by atoms with Crippen molar-refractivity contribution in [3.05, 3.63) is 48.5 Å².